The molecule has 0 saturated heterocycles. The zero-order valence-corrected chi connectivity index (χ0v) is 16.6. The molecule has 1 N–H and O–H groups in total. The highest BCUT2D eigenvalue weighted by atomic mass is 32.2. The first-order chi connectivity index (χ1) is 13.3. The Morgan fingerprint density at radius 2 is 2.11 bits per heavy atom. The SMILES string of the molecule is CC1CS(=O)NN=C1c1ccc2c(c1)C(C)(C)C(=O)N2C(=O)c1cccnc1. The summed E-state index contributed by atoms with van der Waals surface area (Å²) in [5, 5.41) is 4.25. The summed E-state index contributed by atoms with van der Waals surface area (Å²) in [4.78, 5) is 33.9. The molecule has 2 unspecified atom stereocenters. The van der Waals surface area contributed by atoms with Gasteiger partial charge in [-0.05, 0) is 49.2 Å². The Bertz CT molecular complexity index is 1030. The highest BCUT2D eigenvalue weighted by molar-refractivity contribution is 7.83. The van der Waals surface area contributed by atoms with Crippen molar-refractivity contribution in [1.29, 1.82) is 0 Å². The average molecular weight is 396 g/mol. The van der Waals surface area contributed by atoms with Crippen LogP contribution in [0.25, 0.3) is 0 Å². The minimum absolute atomic E-state index is 0.0217. The summed E-state index contributed by atoms with van der Waals surface area (Å²) in [6.07, 6.45) is 3.04. The highest BCUT2D eigenvalue weighted by Crippen LogP contribution is 2.43. The zero-order chi connectivity index (χ0) is 20.1. The van der Waals surface area contributed by atoms with Gasteiger partial charge in [0.1, 0.15) is 11.0 Å². The van der Waals surface area contributed by atoms with Crippen LogP contribution in [0.5, 0.6) is 0 Å². The first-order valence-corrected chi connectivity index (χ1v) is 10.3. The summed E-state index contributed by atoms with van der Waals surface area (Å²) < 4.78 is 11.6. The smallest absolute Gasteiger partial charge is 0.266 e. The summed E-state index contributed by atoms with van der Waals surface area (Å²) in [5.74, 6) is -0.165. The molecule has 8 heteroatoms. The number of benzene rings is 1. The molecule has 0 aliphatic carbocycles. The molecular weight excluding hydrogens is 376 g/mol. The topological polar surface area (TPSA) is 91.7 Å². The van der Waals surface area contributed by atoms with Gasteiger partial charge in [0.15, 0.2) is 0 Å². The van der Waals surface area contributed by atoms with Crippen molar-refractivity contribution in [2.75, 3.05) is 10.7 Å². The predicted molar refractivity (Wildman–Crippen MR) is 107 cm³/mol. The number of pyridine rings is 1. The molecule has 4 rings (SSSR count). The lowest BCUT2D eigenvalue weighted by atomic mass is 9.84. The van der Waals surface area contributed by atoms with Gasteiger partial charge in [0.2, 0.25) is 5.91 Å². The molecule has 2 aliphatic heterocycles. The number of carbonyl (C=O) groups excluding carboxylic acids is 2. The molecule has 0 saturated carbocycles. The third kappa shape index (κ3) is 2.84. The Morgan fingerprint density at radius 1 is 1.32 bits per heavy atom. The molecular formula is C20H20N4O3S. The zero-order valence-electron chi connectivity index (χ0n) is 15.8. The molecule has 0 bridgehead atoms. The summed E-state index contributed by atoms with van der Waals surface area (Å²) in [6, 6.07) is 8.86. The van der Waals surface area contributed by atoms with Crippen molar-refractivity contribution in [3.05, 3.63) is 59.4 Å². The standard InChI is InChI=1S/C20H20N4O3S/c1-12-11-28(27)23-22-17(12)13-6-7-16-15(9-13)20(2,3)19(26)24(16)18(25)14-5-4-8-21-10-14/h4-10,12,23H,11H2,1-3H3. The van der Waals surface area contributed by atoms with E-state index in [1.54, 1.807) is 24.4 Å². The number of hydrogen-bond donors (Lipinski definition) is 1. The molecule has 0 fully saturated rings. The number of nitrogens with zero attached hydrogens (tertiary/aromatic N) is 3. The maximum atomic E-state index is 13.1. The Labute approximate surface area is 165 Å². The maximum absolute atomic E-state index is 13.1. The van der Waals surface area contributed by atoms with Crippen LogP contribution in [0.2, 0.25) is 0 Å². The van der Waals surface area contributed by atoms with Crippen LogP contribution in [0.3, 0.4) is 0 Å². The van der Waals surface area contributed by atoms with Crippen molar-refractivity contribution in [3.8, 4) is 0 Å². The van der Waals surface area contributed by atoms with Crippen LogP contribution in [0, 0.1) is 5.92 Å². The monoisotopic (exact) mass is 396 g/mol. The van der Waals surface area contributed by atoms with E-state index in [4.69, 9.17) is 0 Å². The maximum Gasteiger partial charge on any atom is 0.266 e. The minimum Gasteiger partial charge on any atom is -0.273 e. The number of carbonyl (C=O) groups is 2. The molecule has 0 spiro atoms. The van der Waals surface area contributed by atoms with Gasteiger partial charge in [0.05, 0.1) is 28.1 Å². The van der Waals surface area contributed by atoms with E-state index in [2.05, 4.69) is 14.9 Å². The van der Waals surface area contributed by atoms with Crippen LogP contribution >= 0.6 is 0 Å². The second-order valence-electron chi connectivity index (χ2n) is 7.55. The second kappa shape index (κ2) is 6.63. The van der Waals surface area contributed by atoms with Crippen LogP contribution in [0.4, 0.5) is 5.69 Å². The van der Waals surface area contributed by atoms with Gasteiger partial charge >= 0.3 is 0 Å². The Morgan fingerprint density at radius 3 is 2.79 bits per heavy atom. The quantitative estimate of drug-likeness (QED) is 0.788. The lowest BCUT2D eigenvalue weighted by Crippen LogP contribution is -2.40. The van der Waals surface area contributed by atoms with Crippen molar-refractivity contribution < 1.29 is 13.8 Å². The molecule has 28 heavy (non-hydrogen) atoms. The van der Waals surface area contributed by atoms with Gasteiger partial charge in [0.25, 0.3) is 5.91 Å². The molecule has 0 radical (unpaired) electrons. The normalized spacial score (nSPS) is 23.0. The number of anilines is 1. The first-order valence-electron chi connectivity index (χ1n) is 8.96. The highest BCUT2D eigenvalue weighted by Gasteiger charge is 2.47. The second-order valence-corrected chi connectivity index (χ2v) is 8.75. The fourth-order valence-corrected chi connectivity index (χ4v) is 4.50. The van der Waals surface area contributed by atoms with Crippen molar-refractivity contribution in [1.82, 2.24) is 9.82 Å². The van der Waals surface area contributed by atoms with E-state index in [1.165, 1.54) is 11.1 Å². The van der Waals surface area contributed by atoms with Crippen molar-refractivity contribution >= 4 is 34.2 Å². The van der Waals surface area contributed by atoms with Crippen LogP contribution in [-0.4, -0.2) is 32.5 Å². The third-order valence-electron chi connectivity index (χ3n) is 5.19. The Hall–Kier alpha value is -2.87. The number of amides is 2. The van der Waals surface area contributed by atoms with Crippen LogP contribution in [0.15, 0.2) is 47.8 Å². The summed E-state index contributed by atoms with van der Waals surface area (Å²) in [6.45, 7) is 5.60. The molecule has 2 aliphatic rings. The number of hydrazone groups is 1. The van der Waals surface area contributed by atoms with E-state index in [9.17, 15) is 13.8 Å². The predicted octanol–water partition coefficient (Wildman–Crippen LogP) is 2.15. The van der Waals surface area contributed by atoms with E-state index < -0.39 is 22.3 Å². The fourth-order valence-electron chi connectivity index (χ4n) is 3.62. The van der Waals surface area contributed by atoms with Crippen molar-refractivity contribution in [2.24, 2.45) is 11.0 Å². The molecule has 2 amide bonds. The van der Waals surface area contributed by atoms with E-state index in [-0.39, 0.29) is 11.8 Å². The molecule has 3 heterocycles. The molecule has 144 valence electrons. The molecule has 2 atom stereocenters. The van der Waals surface area contributed by atoms with Gasteiger partial charge in [-0.15, -0.1) is 0 Å². The third-order valence-corrected chi connectivity index (χ3v) is 6.29. The molecule has 2 aromatic rings. The number of fused-ring (bicyclic) bond motifs is 1. The fraction of sp³-hybridized carbons (Fsp3) is 0.300. The summed E-state index contributed by atoms with van der Waals surface area (Å²) >= 11 is 0. The van der Waals surface area contributed by atoms with E-state index in [0.29, 0.717) is 17.0 Å². The number of nitrogens with one attached hydrogen (secondary N) is 1. The van der Waals surface area contributed by atoms with Gasteiger partial charge in [0, 0.05) is 18.3 Å². The molecule has 1 aromatic carbocycles. The molecule has 7 nitrogen and oxygen atoms in total. The Kier molecular flexibility index (Phi) is 4.38. The van der Waals surface area contributed by atoms with Crippen LogP contribution in [-0.2, 0) is 21.2 Å². The Balaban J connectivity index is 1.78. The largest absolute Gasteiger partial charge is 0.273 e. The summed E-state index contributed by atoms with van der Waals surface area (Å²) in [7, 11) is -1.17. The van der Waals surface area contributed by atoms with Gasteiger partial charge < -0.3 is 0 Å². The van der Waals surface area contributed by atoms with E-state index in [0.717, 1.165) is 16.8 Å². The van der Waals surface area contributed by atoms with Crippen molar-refractivity contribution in [3.63, 3.8) is 0 Å². The van der Waals surface area contributed by atoms with Crippen molar-refractivity contribution in [2.45, 2.75) is 26.2 Å². The van der Waals surface area contributed by atoms with Crippen LogP contribution < -0.4 is 9.73 Å². The summed E-state index contributed by atoms with van der Waals surface area (Å²) in [5.41, 5.74) is 2.51. The van der Waals surface area contributed by atoms with Gasteiger partial charge in [-0.25, -0.2) is 13.9 Å². The number of aromatic nitrogens is 1. The number of rotatable bonds is 2. The van der Waals surface area contributed by atoms with E-state index in [1.807, 2.05) is 32.9 Å². The molecule has 1 aromatic heterocycles. The number of hydrogen-bond acceptors (Lipinski definition) is 5. The van der Waals surface area contributed by atoms with Gasteiger partial charge in [-0.3, -0.25) is 14.6 Å². The average Bonchev–Trinajstić information content (AvgIpc) is 2.88. The first kappa shape index (κ1) is 18.5. The van der Waals surface area contributed by atoms with E-state index >= 15 is 0 Å². The number of imide groups is 1. The lowest BCUT2D eigenvalue weighted by Gasteiger charge is -2.21. The van der Waals surface area contributed by atoms with Gasteiger partial charge in [-0.2, -0.15) is 5.10 Å². The van der Waals surface area contributed by atoms with Crippen LogP contribution in [0.1, 0.15) is 42.3 Å². The van der Waals surface area contributed by atoms with Gasteiger partial charge in [-0.1, -0.05) is 13.0 Å². The lowest BCUT2D eigenvalue weighted by molar-refractivity contribution is -0.121. The minimum atomic E-state index is -1.17.